The molecule has 1 unspecified atom stereocenters. The zero-order valence-electron chi connectivity index (χ0n) is 15.8. The highest BCUT2D eigenvalue weighted by molar-refractivity contribution is 5.80. The predicted molar refractivity (Wildman–Crippen MR) is 97.5 cm³/mol. The number of hydrogen-bond donors (Lipinski definition) is 1. The van der Waals surface area contributed by atoms with Crippen molar-refractivity contribution in [1.29, 1.82) is 0 Å². The Morgan fingerprint density at radius 3 is 2.80 bits per heavy atom. The Labute approximate surface area is 149 Å². The van der Waals surface area contributed by atoms with Gasteiger partial charge in [-0.2, -0.15) is 5.10 Å². The number of nitrogens with zero attached hydrogens (tertiary/aromatic N) is 5. The first-order chi connectivity index (χ1) is 11.9. The van der Waals surface area contributed by atoms with E-state index in [1.165, 1.54) is 5.56 Å². The quantitative estimate of drug-likeness (QED) is 0.683. The Morgan fingerprint density at radius 2 is 2.20 bits per heavy atom. The largest absolute Gasteiger partial charge is 0.443 e. The third-order valence-electron chi connectivity index (χ3n) is 4.59. The molecule has 1 fully saturated rings. The number of guanidine groups is 1. The molecule has 2 aromatic rings. The maximum atomic E-state index is 5.84. The number of likely N-dealkylation sites (tertiary alicyclic amines) is 1. The Bertz CT molecular complexity index is 739. The van der Waals surface area contributed by atoms with Crippen LogP contribution in [0.15, 0.2) is 28.0 Å². The normalized spacial score (nSPS) is 18.8. The molecule has 1 aliphatic rings. The molecule has 136 valence electrons. The van der Waals surface area contributed by atoms with Gasteiger partial charge in [-0.3, -0.25) is 9.67 Å². The Kier molecular flexibility index (Phi) is 4.83. The van der Waals surface area contributed by atoms with Gasteiger partial charge < -0.3 is 14.6 Å². The Balaban J connectivity index is 1.57. The molecule has 0 aliphatic carbocycles. The molecule has 0 spiro atoms. The standard InChI is InChI=1S/C18H28N6O/c1-18(2,3)15-9-20-16(25-15)10-21-17(19-4)24-7-6-13(12-24)14-8-22-23(5)11-14/h8-9,11,13H,6-7,10,12H2,1-5H3,(H,19,21). The van der Waals surface area contributed by atoms with Crippen LogP contribution >= 0.6 is 0 Å². The summed E-state index contributed by atoms with van der Waals surface area (Å²) in [5.74, 6) is 2.98. The summed E-state index contributed by atoms with van der Waals surface area (Å²) in [4.78, 5) is 11.1. The molecule has 2 aromatic heterocycles. The summed E-state index contributed by atoms with van der Waals surface area (Å²) in [7, 11) is 3.77. The number of oxazole rings is 1. The van der Waals surface area contributed by atoms with Gasteiger partial charge in [0.05, 0.1) is 18.9 Å². The second-order valence-electron chi connectivity index (χ2n) is 7.65. The minimum atomic E-state index is -0.0289. The lowest BCUT2D eigenvalue weighted by Gasteiger charge is -2.21. The van der Waals surface area contributed by atoms with E-state index in [2.05, 4.69) is 52.3 Å². The van der Waals surface area contributed by atoms with Crippen molar-refractivity contribution in [2.75, 3.05) is 20.1 Å². The van der Waals surface area contributed by atoms with Crippen LogP contribution in [0.2, 0.25) is 0 Å². The van der Waals surface area contributed by atoms with Gasteiger partial charge in [0, 0.05) is 44.7 Å². The summed E-state index contributed by atoms with van der Waals surface area (Å²) in [5, 5.41) is 7.65. The zero-order valence-corrected chi connectivity index (χ0v) is 15.8. The molecular weight excluding hydrogens is 316 g/mol. The average Bonchev–Trinajstić information content (AvgIpc) is 3.26. The van der Waals surface area contributed by atoms with Gasteiger partial charge >= 0.3 is 0 Å². The zero-order chi connectivity index (χ0) is 18.0. The topological polar surface area (TPSA) is 71.5 Å². The van der Waals surface area contributed by atoms with E-state index in [-0.39, 0.29) is 5.41 Å². The van der Waals surface area contributed by atoms with Crippen LogP contribution in [0.3, 0.4) is 0 Å². The highest BCUT2D eigenvalue weighted by Gasteiger charge is 2.27. The predicted octanol–water partition coefficient (Wildman–Crippen LogP) is 2.27. The second-order valence-corrected chi connectivity index (χ2v) is 7.65. The molecule has 1 saturated heterocycles. The second kappa shape index (κ2) is 6.90. The molecular formula is C18H28N6O. The molecule has 0 bridgehead atoms. The first-order valence-corrected chi connectivity index (χ1v) is 8.76. The van der Waals surface area contributed by atoms with Gasteiger partial charge in [-0.1, -0.05) is 20.8 Å². The van der Waals surface area contributed by atoms with Gasteiger partial charge in [0.25, 0.3) is 0 Å². The maximum Gasteiger partial charge on any atom is 0.213 e. The summed E-state index contributed by atoms with van der Waals surface area (Å²) in [6, 6.07) is 0. The monoisotopic (exact) mass is 344 g/mol. The summed E-state index contributed by atoms with van der Waals surface area (Å²) in [6.07, 6.45) is 6.99. The highest BCUT2D eigenvalue weighted by atomic mass is 16.4. The van der Waals surface area contributed by atoms with Gasteiger partial charge in [-0.25, -0.2) is 4.98 Å². The van der Waals surface area contributed by atoms with Gasteiger partial charge in [0.15, 0.2) is 5.96 Å². The molecule has 7 heteroatoms. The van der Waals surface area contributed by atoms with Crippen LogP contribution in [0.5, 0.6) is 0 Å². The van der Waals surface area contributed by atoms with Crippen LogP contribution in [-0.2, 0) is 19.0 Å². The van der Waals surface area contributed by atoms with Gasteiger partial charge in [0.2, 0.25) is 5.89 Å². The molecule has 3 heterocycles. The summed E-state index contributed by atoms with van der Waals surface area (Å²) >= 11 is 0. The fourth-order valence-electron chi connectivity index (χ4n) is 3.10. The van der Waals surface area contributed by atoms with Crippen LogP contribution in [0.4, 0.5) is 0 Å². The lowest BCUT2D eigenvalue weighted by molar-refractivity contribution is 0.377. The molecule has 1 aliphatic heterocycles. The maximum absolute atomic E-state index is 5.84. The molecule has 0 saturated carbocycles. The van der Waals surface area contributed by atoms with Crippen LogP contribution in [0, 0.1) is 0 Å². The van der Waals surface area contributed by atoms with E-state index >= 15 is 0 Å². The fraction of sp³-hybridized carbons (Fsp3) is 0.611. The summed E-state index contributed by atoms with van der Waals surface area (Å²) < 4.78 is 7.70. The number of rotatable bonds is 3. The number of nitrogens with one attached hydrogen (secondary N) is 1. The minimum Gasteiger partial charge on any atom is -0.443 e. The van der Waals surface area contributed by atoms with E-state index in [1.807, 2.05) is 31.2 Å². The third-order valence-corrected chi connectivity index (χ3v) is 4.59. The molecule has 0 aromatic carbocycles. The molecule has 1 atom stereocenters. The van der Waals surface area contributed by atoms with E-state index in [0.29, 0.717) is 18.4 Å². The molecule has 1 N–H and O–H groups in total. The molecule has 0 radical (unpaired) electrons. The van der Waals surface area contributed by atoms with Crippen molar-refractivity contribution in [3.63, 3.8) is 0 Å². The van der Waals surface area contributed by atoms with Crippen LogP contribution in [0.25, 0.3) is 0 Å². The van der Waals surface area contributed by atoms with E-state index in [9.17, 15) is 0 Å². The van der Waals surface area contributed by atoms with Gasteiger partial charge in [-0.15, -0.1) is 0 Å². The number of aliphatic imine (C=N–C) groups is 1. The van der Waals surface area contributed by atoms with E-state index in [1.54, 1.807) is 0 Å². The van der Waals surface area contributed by atoms with Crippen molar-refractivity contribution in [2.24, 2.45) is 12.0 Å². The van der Waals surface area contributed by atoms with E-state index < -0.39 is 0 Å². The molecule has 3 rings (SSSR count). The fourth-order valence-corrected chi connectivity index (χ4v) is 3.10. The van der Waals surface area contributed by atoms with Crippen molar-refractivity contribution in [2.45, 2.75) is 45.1 Å². The van der Waals surface area contributed by atoms with E-state index in [0.717, 1.165) is 31.2 Å². The Hall–Kier alpha value is -2.31. The van der Waals surface area contributed by atoms with Crippen LogP contribution < -0.4 is 5.32 Å². The number of aromatic nitrogens is 3. The SMILES string of the molecule is CN=C(NCc1ncc(C(C)(C)C)o1)N1CCC(c2cnn(C)c2)C1. The van der Waals surface area contributed by atoms with Crippen molar-refractivity contribution >= 4 is 5.96 Å². The lowest BCUT2D eigenvalue weighted by atomic mass is 9.94. The molecule has 7 nitrogen and oxygen atoms in total. The third kappa shape index (κ3) is 4.03. The van der Waals surface area contributed by atoms with Crippen LogP contribution in [-0.4, -0.2) is 45.8 Å². The van der Waals surface area contributed by atoms with Crippen LogP contribution in [0.1, 0.15) is 50.3 Å². The Morgan fingerprint density at radius 1 is 1.40 bits per heavy atom. The molecule has 0 amide bonds. The van der Waals surface area contributed by atoms with Crippen molar-refractivity contribution in [3.8, 4) is 0 Å². The first-order valence-electron chi connectivity index (χ1n) is 8.76. The van der Waals surface area contributed by atoms with Crippen molar-refractivity contribution in [3.05, 3.63) is 35.8 Å². The van der Waals surface area contributed by atoms with E-state index in [4.69, 9.17) is 4.42 Å². The van der Waals surface area contributed by atoms with Gasteiger partial charge in [-0.05, 0) is 12.0 Å². The summed E-state index contributed by atoms with van der Waals surface area (Å²) in [5.41, 5.74) is 1.27. The summed E-state index contributed by atoms with van der Waals surface area (Å²) in [6.45, 7) is 8.82. The lowest BCUT2D eigenvalue weighted by Crippen LogP contribution is -2.39. The van der Waals surface area contributed by atoms with Crippen molar-refractivity contribution < 1.29 is 4.42 Å². The van der Waals surface area contributed by atoms with Gasteiger partial charge in [0.1, 0.15) is 5.76 Å². The number of hydrogen-bond acceptors (Lipinski definition) is 4. The first kappa shape index (κ1) is 17.5. The smallest absolute Gasteiger partial charge is 0.213 e. The number of aryl methyl sites for hydroxylation is 1. The molecule has 25 heavy (non-hydrogen) atoms. The highest BCUT2D eigenvalue weighted by Crippen LogP contribution is 2.27. The minimum absolute atomic E-state index is 0.0289. The average molecular weight is 344 g/mol. The van der Waals surface area contributed by atoms with Crippen molar-refractivity contribution in [1.82, 2.24) is 25.0 Å².